The van der Waals surface area contributed by atoms with Gasteiger partial charge in [-0.15, -0.1) is 0 Å². The van der Waals surface area contributed by atoms with E-state index in [0.29, 0.717) is 26.3 Å². The number of ether oxygens (including phenoxy) is 2. The number of nitrogens with zero attached hydrogens (tertiary/aromatic N) is 1. The Bertz CT molecular complexity index is 870. The summed E-state index contributed by atoms with van der Waals surface area (Å²) in [5, 5.41) is 0. The summed E-state index contributed by atoms with van der Waals surface area (Å²) in [4.78, 5) is 12.0. The van der Waals surface area contributed by atoms with Crippen molar-refractivity contribution in [1.29, 1.82) is 0 Å². The number of hydrogen-bond acceptors (Lipinski definition) is 5. The summed E-state index contributed by atoms with van der Waals surface area (Å²) in [5.74, 6) is -0.244. The van der Waals surface area contributed by atoms with E-state index < -0.39 is 16.0 Å². The SMILES string of the molecule is O=C(/C=C/c1ccccc1)Oc1ccc(S(=O)(=O)N2CCOCC2)cc1. The Morgan fingerprint density at radius 2 is 1.65 bits per heavy atom. The van der Waals surface area contributed by atoms with E-state index in [1.807, 2.05) is 30.3 Å². The first-order chi connectivity index (χ1) is 12.6. The fraction of sp³-hybridized carbons (Fsp3) is 0.211. The zero-order valence-electron chi connectivity index (χ0n) is 14.1. The molecule has 7 heteroatoms. The molecular weight excluding hydrogens is 354 g/mol. The summed E-state index contributed by atoms with van der Waals surface area (Å²) in [6, 6.07) is 15.2. The molecule has 3 rings (SSSR count). The highest BCUT2D eigenvalue weighted by Gasteiger charge is 2.26. The van der Waals surface area contributed by atoms with Crippen LogP contribution in [0.3, 0.4) is 0 Å². The van der Waals surface area contributed by atoms with Gasteiger partial charge in [0.05, 0.1) is 18.1 Å². The van der Waals surface area contributed by atoms with Crippen LogP contribution in [0.25, 0.3) is 6.08 Å². The van der Waals surface area contributed by atoms with Crippen molar-refractivity contribution in [2.45, 2.75) is 4.90 Å². The molecule has 0 saturated carbocycles. The molecule has 2 aromatic rings. The molecule has 0 aliphatic carbocycles. The second-order valence-electron chi connectivity index (χ2n) is 5.65. The summed E-state index contributed by atoms with van der Waals surface area (Å²) in [6.07, 6.45) is 2.98. The minimum atomic E-state index is -3.55. The lowest BCUT2D eigenvalue weighted by atomic mass is 10.2. The third-order valence-electron chi connectivity index (χ3n) is 3.86. The van der Waals surface area contributed by atoms with E-state index in [1.165, 1.54) is 34.6 Å². The lowest BCUT2D eigenvalue weighted by Gasteiger charge is -2.26. The Morgan fingerprint density at radius 1 is 1.00 bits per heavy atom. The van der Waals surface area contributed by atoms with Gasteiger partial charge < -0.3 is 9.47 Å². The summed E-state index contributed by atoms with van der Waals surface area (Å²) in [5.41, 5.74) is 0.886. The molecule has 1 aliphatic rings. The molecule has 1 aliphatic heterocycles. The second-order valence-corrected chi connectivity index (χ2v) is 7.59. The van der Waals surface area contributed by atoms with Crippen molar-refractivity contribution < 1.29 is 22.7 Å². The van der Waals surface area contributed by atoms with E-state index in [0.717, 1.165) is 5.56 Å². The molecule has 26 heavy (non-hydrogen) atoms. The van der Waals surface area contributed by atoms with Crippen LogP contribution < -0.4 is 4.74 Å². The zero-order chi connectivity index (χ0) is 18.4. The van der Waals surface area contributed by atoms with Crippen LogP contribution in [0, 0.1) is 0 Å². The number of benzene rings is 2. The molecular formula is C19H19NO5S. The highest BCUT2D eigenvalue weighted by Crippen LogP contribution is 2.20. The lowest BCUT2D eigenvalue weighted by molar-refractivity contribution is -0.128. The van der Waals surface area contributed by atoms with Crippen LogP contribution >= 0.6 is 0 Å². The maximum atomic E-state index is 12.5. The van der Waals surface area contributed by atoms with Gasteiger partial charge in [0.15, 0.2) is 0 Å². The van der Waals surface area contributed by atoms with Gasteiger partial charge in [0, 0.05) is 19.2 Å². The molecule has 6 nitrogen and oxygen atoms in total. The van der Waals surface area contributed by atoms with Crippen LogP contribution in [0.5, 0.6) is 5.75 Å². The summed E-state index contributed by atoms with van der Waals surface area (Å²) in [7, 11) is -3.55. The number of carbonyl (C=O) groups is 1. The van der Waals surface area contributed by atoms with Crippen LogP contribution in [0.15, 0.2) is 65.6 Å². The van der Waals surface area contributed by atoms with Gasteiger partial charge in [-0.3, -0.25) is 0 Å². The van der Waals surface area contributed by atoms with Crippen molar-refractivity contribution in [3.8, 4) is 5.75 Å². The predicted molar refractivity (Wildman–Crippen MR) is 97.1 cm³/mol. The number of carbonyl (C=O) groups excluding carboxylic acids is 1. The molecule has 0 aromatic heterocycles. The summed E-state index contributed by atoms with van der Waals surface area (Å²) < 4.78 is 36.8. The number of esters is 1. The molecule has 0 unspecified atom stereocenters. The van der Waals surface area contributed by atoms with Crippen LogP contribution in [0.2, 0.25) is 0 Å². The van der Waals surface area contributed by atoms with E-state index in [9.17, 15) is 13.2 Å². The zero-order valence-corrected chi connectivity index (χ0v) is 14.9. The van der Waals surface area contributed by atoms with E-state index in [-0.39, 0.29) is 10.6 Å². The van der Waals surface area contributed by atoms with Gasteiger partial charge in [-0.1, -0.05) is 30.3 Å². The summed E-state index contributed by atoms with van der Waals surface area (Å²) >= 11 is 0. The third kappa shape index (κ3) is 4.57. The number of sulfonamides is 1. The monoisotopic (exact) mass is 373 g/mol. The normalized spacial score (nSPS) is 15.8. The van der Waals surface area contributed by atoms with Crippen molar-refractivity contribution in [3.05, 3.63) is 66.2 Å². The molecule has 0 bridgehead atoms. The van der Waals surface area contributed by atoms with E-state index >= 15 is 0 Å². The molecule has 1 heterocycles. The molecule has 2 aromatic carbocycles. The number of rotatable bonds is 5. The molecule has 0 spiro atoms. The van der Waals surface area contributed by atoms with E-state index in [1.54, 1.807) is 6.08 Å². The molecule has 0 atom stereocenters. The van der Waals surface area contributed by atoms with Gasteiger partial charge in [-0.25, -0.2) is 13.2 Å². The van der Waals surface area contributed by atoms with Crippen molar-refractivity contribution in [2.75, 3.05) is 26.3 Å². The van der Waals surface area contributed by atoms with Gasteiger partial charge in [-0.2, -0.15) is 4.31 Å². The highest BCUT2D eigenvalue weighted by atomic mass is 32.2. The Labute approximate surface area is 152 Å². The minimum Gasteiger partial charge on any atom is -0.423 e. The smallest absolute Gasteiger partial charge is 0.336 e. The first kappa shape index (κ1) is 18.3. The Kier molecular flexibility index (Phi) is 5.82. The Hall–Kier alpha value is -2.48. The highest BCUT2D eigenvalue weighted by molar-refractivity contribution is 7.89. The molecule has 1 fully saturated rings. The number of morpholine rings is 1. The second kappa shape index (κ2) is 8.27. The number of hydrogen-bond donors (Lipinski definition) is 0. The van der Waals surface area contributed by atoms with Gasteiger partial charge in [0.2, 0.25) is 10.0 Å². The average Bonchev–Trinajstić information content (AvgIpc) is 2.68. The average molecular weight is 373 g/mol. The Morgan fingerprint density at radius 3 is 2.31 bits per heavy atom. The fourth-order valence-corrected chi connectivity index (χ4v) is 3.90. The molecule has 0 amide bonds. The van der Waals surface area contributed by atoms with Crippen LogP contribution in [0.1, 0.15) is 5.56 Å². The van der Waals surface area contributed by atoms with Crippen LogP contribution in [-0.4, -0.2) is 45.0 Å². The van der Waals surface area contributed by atoms with Crippen molar-refractivity contribution in [2.24, 2.45) is 0 Å². The van der Waals surface area contributed by atoms with E-state index in [4.69, 9.17) is 9.47 Å². The first-order valence-electron chi connectivity index (χ1n) is 8.18. The van der Waals surface area contributed by atoms with Gasteiger partial charge in [-0.05, 0) is 35.9 Å². The third-order valence-corrected chi connectivity index (χ3v) is 5.77. The lowest BCUT2D eigenvalue weighted by Crippen LogP contribution is -2.40. The van der Waals surface area contributed by atoms with E-state index in [2.05, 4.69) is 0 Å². The van der Waals surface area contributed by atoms with Gasteiger partial charge in [0.1, 0.15) is 5.75 Å². The first-order valence-corrected chi connectivity index (χ1v) is 9.63. The maximum Gasteiger partial charge on any atom is 0.336 e. The fourth-order valence-electron chi connectivity index (χ4n) is 2.49. The van der Waals surface area contributed by atoms with Crippen LogP contribution in [-0.2, 0) is 19.6 Å². The van der Waals surface area contributed by atoms with Crippen molar-refractivity contribution in [1.82, 2.24) is 4.31 Å². The minimum absolute atomic E-state index is 0.166. The molecule has 1 saturated heterocycles. The standard InChI is InChI=1S/C19H19NO5S/c21-19(11-6-16-4-2-1-3-5-16)25-17-7-9-18(10-8-17)26(22,23)20-12-14-24-15-13-20/h1-11H,12-15H2/b11-6+. The van der Waals surface area contributed by atoms with Crippen LogP contribution in [0.4, 0.5) is 0 Å². The largest absolute Gasteiger partial charge is 0.423 e. The van der Waals surface area contributed by atoms with Crippen molar-refractivity contribution >= 4 is 22.1 Å². The predicted octanol–water partition coefficient (Wildman–Crippen LogP) is 2.33. The Balaban J connectivity index is 1.64. The topological polar surface area (TPSA) is 72.9 Å². The molecule has 136 valence electrons. The molecule has 0 N–H and O–H groups in total. The summed E-state index contributed by atoms with van der Waals surface area (Å²) in [6.45, 7) is 1.46. The van der Waals surface area contributed by atoms with Gasteiger partial charge >= 0.3 is 5.97 Å². The van der Waals surface area contributed by atoms with Gasteiger partial charge in [0.25, 0.3) is 0 Å². The van der Waals surface area contributed by atoms with Crippen molar-refractivity contribution in [3.63, 3.8) is 0 Å². The maximum absolute atomic E-state index is 12.5. The quantitative estimate of drug-likeness (QED) is 0.457. The molecule has 0 radical (unpaired) electrons.